The average Bonchev–Trinajstić information content (AvgIpc) is 3.62. The minimum absolute atomic E-state index is 0.0324. The summed E-state index contributed by atoms with van der Waals surface area (Å²) in [6, 6.07) is 3.16. The fraction of sp³-hybridized carbons (Fsp3) is 0.537. The molecule has 2 aliphatic heterocycles. The number of hydrogen-bond donors (Lipinski definition) is 4. The number of halogens is 1. The molecule has 3 aromatic rings. The van der Waals surface area contributed by atoms with Gasteiger partial charge in [0.1, 0.15) is 47.0 Å². The van der Waals surface area contributed by atoms with Gasteiger partial charge in [0, 0.05) is 29.2 Å². The molecule has 7 rings (SSSR count). The van der Waals surface area contributed by atoms with Crippen molar-refractivity contribution >= 4 is 73.3 Å². The number of carboxylic acid groups (broad SMARTS) is 1. The SMILES string of the molecule is COc1ccc2c(O[C@@H]3C[C@H]4C(=O)N[C@]5(C(=O)O)C[C@H]5/C=C\CCCCC[C@H](NC(=O)OC5CCCC5)C(=O)N4C3)cc(-c3csc(NC(=O)OC(C)C)n3)nc2c1Br. The number of aliphatic carboxylic acids is 1. The molecule has 0 radical (unpaired) electrons. The van der Waals surface area contributed by atoms with Crippen molar-refractivity contribution in [1.29, 1.82) is 0 Å². The van der Waals surface area contributed by atoms with Crippen LogP contribution in [0.15, 0.2) is 40.2 Å². The van der Waals surface area contributed by atoms with E-state index in [1.165, 1.54) is 23.3 Å². The van der Waals surface area contributed by atoms with E-state index in [4.69, 9.17) is 23.9 Å². The van der Waals surface area contributed by atoms with Crippen LogP contribution in [0.2, 0.25) is 0 Å². The number of ether oxygens (including phenoxy) is 4. The second-order valence-electron chi connectivity index (χ2n) is 15.7. The van der Waals surface area contributed by atoms with Crippen LogP contribution >= 0.6 is 27.3 Å². The lowest BCUT2D eigenvalue weighted by atomic mass is 10.0. The summed E-state index contributed by atoms with van der Waals surface area (Å²) in [5, 5.41) is 21.2. The van der Waals surface area contributed by atoms with Gasteiger partial charge >= 0.3 is 18.2 Å². The third kappa shape index (κ3) is 9.59. The van der Waals surface area contributed by atoms with Crippen molar-refractivity contribution < 1.29 is 48.0 Å². The second-order valence-corrected chi connectivity index (χ2v) is 17.4. The number of benzene rings is 1. The zero-order chi connectivity index (χ0) is 41.8. The van der Waals surface area contributed by atoms with E-state index in [0.717, 1.165) is 44.9 Å². The standard InChI is InChI=1S/C41H49BrN6O10S/c1-22(2)56-40(54)46-38-44-29(21-59-38)28-18-32(26-15-16-31(55-3)33(42)34(26)43-28)57-25-17-30-35(49)47-41(37(51)52)19-23(41)11-7-5-4-6-8-14-27(36(50)48(30)20-25)45-39(53)58-24-12-9-10-13-24/h7,11,15-16,18,21-25,27,30H,4-6,8-10,12-14,17,19-20H2,1-3H3,(H,45,53)(H,47,49)(H,51,52)(H,44,46,54)/b11-7-/t23-,25-,27+,30+,41-/m1/s1. The number of hydrogen-bond acceptors (Lipinski definition) is 12. The molecule has 4 heterocycles. The number of nitrogens with one attached hydrogen (secondary N) is 3. The maximum Gasteiger partial charge on any atom is 0.413 e. The van der Waals surface area contributed by atoms with Crippen molar-refractivity contribution in [3.63, 3.8) is 0 Å². The van der Waals surface area contributed by atoms with Gasteiger partial charge in [0.25, 0.3) is 0 Å². The second kappa shape index (κ2) is 18.1. The van der Waals surface area contributed by atoms with E-state index in [2.05, 4.69) is 36.9 Å². The zero-order valence-electron chi connectivity index (χ0n) is 33.2. The first-order valence-electron chi connectivity index (χ1n) is 20.1. The van der Waals surface area contributed by atoms with Crippen LogP contribution in [-0.2, 0) is 23.9 Å². The number of pyridine rings is 1. The Morgan fingerprint density at radius 3 is 2.54 bits per heavy atom. The topological polar surface area (TPSA) is 208 Å². The number of carboxylic acids is 1. The number of alkyl carbamates (subject to hydrolysis) is 1. The molecule has 16 nitrogen and oxygen atoms in total. The summed E-state index contributed by atoms with van der Waals surface area (Å²) in [6.07, 6.45) is 8.25. The predicted molar refractivity (Wildman–Crippen MR) is 221 cm³/mol. The van der Waals surface area contributed by atoms with Crippen LogP contribution in [0.1, 0.15) is 84.5 Å². The van der Waals surface area contributed by atoms with Crippen molar-refractivity contribution in [2.24, 2.45) is 5.92 Å². The van der Waals surface area contributed by atoms with E-state index in [9.17, 15) is 29.1 Å². The maximum absolute atomic E-state index is 14.6. The first kappa shape index (κ1) is 42.2. The van der Waals surface area contributed by atoms with Crippen molar-refractivity contribution in [2.45, 2.75) is 120 Å². The minimum atomic E-state index is -1.49. The van der Waals surface area contributed by atoms with Gasteiger partial charge < -0.3 is 39.6 Å². The lowest BCUT2D eigenvalue weighted by Gasteiger charge is -2.29. The third-order valence-corrected chi connectivity index (χ3v) is 12.7. The number of amides is 4. The number of thiazole rings is 1. The fourth-order valence-corrected chi connectivity index (χ4v) is 9.32. The summed E-state index contributed by atoms with van der Waals surface area (Å²) < 4.78 is 23.7. The van der Waals surface area contributed by atoms with Crippen LogP contribution in [0.3, 0.4) is 0 Å². The van der Waals surface area contributed by atoms with Crippen LogP contribution in [0.25, 0.3) is 22.3 Å². The lowest BCUT2D eigenvalue weighted by Crippen LogP contribution is -2.56. The molecule has 18 heteroatoms. The summed E-state index contributed by atoms with van der Waals surface area (Å²) >= 11 is 4.81. The number of methoxy groups -OCH3 is 1. The quantitative estimate of drug-likeness (QED) is 0.161. The number of anilines is 1. The molecule has 4 N–H and O–H groups in total. The molecule has 2 aromatic heterocycles. The highest BCUT2D eigenvalue weighted by Gasteiger charge is 2.61. The number of fused-ring (bicyclic) bond motifs is 3. The van der Waals surface area contributed by atoms with Crippen molar-refractivity contribution in [2.75, 3.05) is 19.0 Å². The van der Waals surface area contributed by atoms with Gasteiger partial charge in [-0.25, -0.2) is 24.4 Å². The van der Waals surface area contributed by atoms with Crippen LogP contribution in [-0.4, -0.2) is 99.5 Å². The largest absolute Gasteiger partial charge is 0.495 e. The fourth-order valence-electron chi connectivity index (χ4n) is 8.04. The van der Waals surface area contributed by atoms with E-state index >= 15 is 0 Å². The smallest absolute Gasteiger partial charge is 0.413 e. The van der Waals surface area contributed by atoms with Gasteiger partial charge in [0.2, 0.25) is 11.8 Å². The van der Waals surface area contributed by atoms with Crippen LogP contribution in [0.5, 0.6) is 11.5 Å². The normalized spacial score (nSPS) is 25.5. The molecule has 5 atom stereocenters. The number of carbonyl (C=O) groups excluding carboxylic acids is 4. The molecule has 1 saturated heterocycles. The van der Waals surface area contributed by atoms with E-state index in [1.54, 1.807) is 37.4 Å². The van der Waals surface area contributed by atoms with E-state index in [1.807, 2.05) is 12.2 Å². The molecule has 0 bridgehead atoms. The van der Waals surface area contributed by atoms with E-state index < -0.39 is 53.7 Å². The molecule has 0 spiro atoms. The van der Waals surface area contributed by atoms with Crippen molar-refractivity contribution in [3.8, 4) is 22.9 Å². The third-order valence-electron chi connectivity index (χ3n) is 11.2. The molecule has 316 valence electrons. The Balaban J connectivity index is 1.21. The Morgan fingerprint density at radius 2 is 1.80 bits per heavy atom. The Bertz CT molecular complexity index is 2120. The summed E-state index contributed by atoms with van der Waals surface area (Å²) in [4.78, 5) is 77.8. The Hall–Kier alpha value is -4.97. The summed E-state index contributed by atoms with van der Waals surface area (Å²) in [6.45, 7) is 3.45. The molecule has 0 unspecified atom stereocenters. The van der Waals surface area contributed by atoms with Gasteiger partial charge in [0.05, 0.1) is 35.4 Å². The van der Waals surface area contributed by atoms with Gasteiger partial charge in [-0.05, 0) is 93.3 Å². The highest BCUT2D eigenvalue weighted by Crippen LogP contribution is 2.46. The highest BCUT2D eigenvalue weighted by molar-refractivity contribution is 9.10. The summed E-state index contributed by atoms with van der Waals surface area (Å²) in [5.41, 5.74) is -0.152. The Kier molecular flexibility index (Phi) is 12.9. The number of allylic oxidation sites excluding steroid dienone is 1. The number of aromatic nitrogens is 2. The van der Waals surface area contributed by atoms with Crippen molar-refractivity contribution in [3.05, 3.63) is 40.2 Å². The van der Waals surface area contributed by atoms with Gasteiger partial charge in [-0.1, -0.05) is 25.0 Å². The number of nitrogens with zero attached hydrogens (tertiary/aromatic N) is 3. The molecule has 4 aliphatic rings. The maximum atomic E-state index is 14.6. The van der Waals surface area contributed by atoms with Gasteiger partial charge in [-0.2, -0.15) is 0 Å². The van der Waals surface area contributed by atoms with Gasteiger partial charge in [0.15, 0.2) is 5.13 Å². The molecular weight excluding hydrogens is 848 g/mol. The Labute approximate surface area is 353 Å². The minimum Gasteiger partial charge on any atom is -0.495 e. The first-order valence-corrected chi connectivity index (χ1v) is 21.8. The highest BCUT2D eigenvalue weighted by atomic mass is 79.9. The number of rotatable bonds is 9. The van der Waals surface area contributed by atoms with Crippen LogP contribution < -0.4 is 25.4 Å². The van der Waals surface area contributed by atoms with Crippen LogP contribution in [0.4, 0.5) is 14.7 Å². The zero-order valence-corrected chi connectivity index (χ0v) is 35.6. The molecule has 3 fully saturated rings. The molecule has 2 saturated carbocycles. The van der Waals surface area contributed by atoms with Gasteiger partial charge in [-0.15, -0.1) is 11.3 Å². The average molecular weight is 898 g/mol. The first-order chi connectivity index (χ1) is 28.3. The molecule has 1 aromatic carbocycles. The predicted octanol–water partition coefficient (Wildman–Crippen LogP) is 6.95. The van der Waals surface area contributed by atoms with Crippen molar-refractivity contribution in [1.82, 2.24) is 25.5 Å². The van der Waals surface area contributed by atoms with E-state index in [-0.39, 0.29) is 37.5 Å². The summed E-state index contributed by atoms with van der Waals surface area (Å²) in [5.74, 6) is -1.72. The monoisotopic (exact) mass is 896 g/mol. The van der Waals surface area contributed by atoms with Gasteiger partial charge in [-0.3, -0.25) is 14.9 Å². The number of carbonyl (C=O) groups is 5. The molecule has 4 amide bonds. The molecular formula is C41H49BrN6O10S. The Morgan fingerprint density at radius 1 is 1.02 bits per heavy atom. The summed E-state index contributed by atoms with van der Waals surface area (Å²) in [7, 11) is 1.54. The van der Waals surface area contributed by atoms with Crippen LogP contribution in [0, 0.1) is 5.92 Å². The molecule has 2 aliphatic carbocycles. The molecule has 59 heavy (non-hydrogen) atoms. The van der Waals surface area contributed by atoms with E-state index in [0.29, 0.717) is 56.2 Å². The lowest BCUT2D eigenvalue weighted by molar-refractivity contribution is -0.145.